The van der Waals surface area contributed by atoms with Gasteiger partial charge in [-0.25, -0.2) is 3.62 Å². The summed E-state index contributed by atoms with van der Waals surface area (Å²) in [6.45, 7) is 0. The molecule has 0 aliphatic carbocycles. The van der Waals surface area contributed by atoms with Gasteiger partial charge >= 0.3 is 0 Å². The van der Waals surface area contributed by atoms with Crippen LogP contribution in [-0.2, 0) is 3.62 Å². The fourth-order valence-electron chi connectivity index (χ4n) is 0. The van der Waals surface area contributed by atoms with Crippen molar-refractivity contribution in [1.82, 2.24) is 0 Å². The molecule has 0 aliphatic rings. The molecule has 0 spiro atoms. The van der Waals surface area contributed by atoms with Gasteiger partial charge in [0.2, 0.25) is 0 Å². The van der Waals surface area contributed by atoms with Crippen LogP contribution in [0.25, 0.3) is 0 Å². The highest BCUT2D eigenvalue weighted by molar-refractivity contribution is 9.06. The van der Waals surface area contributed by atoms with Crippen LogP contribution in [0, 0.1) is 0 Å². The van der Waals surface area contributed by atoms with E-state index < -0.39 is 8.53 Å². The summed E-state index contributed by atoms with van der Waals surface area (Å²) in [4.78, 5) is 7.93. The summed E-state index contributed by atoms with van der Waals surface area (Å²) in [5, 5.41) is 0. The lowest BCUT2D eigenvalue weighted by Crippen LogP contribution is -1.80. The van der Waals surface area contributed by atoms with Crippen molar-refractivity contribution in [2.45, 2.75) is 0 Å². The van der Waals surface area contributed by atoms with Crippen LogP contribution >= 0.6 is 24.8 Å². The highest BCUT2D eigenvalue weighted by Crippen LogP contribution is 2.22. The van der Waals surface area contributed by atoms with E-state index in [-0.39, 0.29) is 0 Å². The zero-order valence-corrected chi connectivity index (χ0v) is 4.74. The molecule has 0 saturated heterocycles. The Morgan fingerprint density at radius 1 is 2.00 bits per heavy atom. The molecule has 1 unspecified atom stereocenters. The summed E-state index contributed by atoms with van der Waals surface area (Å²) < 4.78 is 3.96. The summed E-state index contributed by atoms with van der Waals surface area (Å²) >= 11 is 2.47. The molecule has 0 radical (unpaired) electrons. The minimum atomic E-state index is -1.68. The molecular formula is H3BrNO2P. The minimum absolute atomic E-state index is 1.68. The van der Waals surface area contributed by atoms with Gasteiger partial charge in [0.05, 0.1) is 0 Å². The van der Waals surface area contributed by atoms with Gasteiger partial charge < -0.3 is 4.89 Å². The molecule has 0 amide bonds. The number of hydrogen-bond acceptors (Lipinski definition) is 3. The largest absolute Gasteiger partial charge is 0.337 e. The van der Waals surface area contributed by atoms with Crippen molar-refractivity contribution in [2.24, 2.45) is 5.50 Å². The van der Waals surface area contributed by atoms with Gasteiger partial charge in [0.15, 0.2) is 0 Å². The van der Waals surface area contributed by atoms with Crippen LogP contribution in [0.15, 0.2) is 0 Å². The van der Waals surface area contributed by atoms with Crippen molar-refractivity contribution in [3.8, 4) is 0 Å². The predicted octanol–water partition coefficient (Wildman–Crippen LogP) is 0.491. The molecule has 0 aliphatic heterocycles. The number of hydrogen-bond donors (Lipinski definition) is 2. The van der Waals surface area contributed by atoms with E-state index in [1.807, 2.05) is 0 Å². The summed E-state index contributed by atoms with van der Waals surface area (Å²) in [6, 6.07) is 0. The van der Waals surface area contributed by atoms with Gasteiger partial charge in [-0.2, -0.15) is 0 Å². The Hall–Kier alpha value is 0.790. The van der Waals surface area contributed by atoms with Gasteiger partial charge in [-0.05, 0) is 0 Å². The van der Waals surface area contributed by atoms with Crippen molar-refractivity contribution >= 4 is 24.8 Å². The molecule has 0 saturated carbocycles. The predicted molar refractivity (Wildman–Crippen MR) is 23.3 cm³/mol. The first-order chi connectivity index (χ1) is 2.27. The Labute approximate surface area is 39.5 Å². The summed E-state index contributed by atoms with van der Waals surface area (Å²) in [5.41, 5.74) is 4.64. The van der Waals surface area contributed by atoms with E-state index in [1.165, 1.54) is 0 Å². The maximum atomic E-state index is 7.93. The topological polar surface area (TPSA) is 55.5 Å². The Morgan fingerprint density at radius 2 is 2.20 bits per heavy atom. The zero-order chi connectivity index (χ0) is 4.28. The van der Waals surface area contributed by atoms with Crippen LogP contribution < -0.4 is 5.50 Å². The van der Waals surface area contributed by atoms with Crippen LogP contribution in [0.1, 0.15) is 0 Å². The number of halogens is 1. The Morgan fingerprint density at radius 3 is 2.20 bits per heavy atom. The number of rotatable bonds is 1. The molecule has 0 aromatic carbocycles. The fourth-order valence-corrected chi connectivity index (χ4v) is 0. The standard InChI is InChI=1S/BrH3NO2P/c1-4-5(2)3/h3H,2H2. The highest BCUT2D eigenvalue weighted by atomic mass is 79.9. The van der Waals surface area contributed by atoms with Crippen molar-refractivity contribution in [3.63, 3.8) is 0 Å². The lowest BCUT2D eigenvalue weighted by atomic mass is 13.9. The first kappa shape index (κ1) is 5.79. The molecule has 0 fully saturated rings. The number of nitrogens with two attached hydrogens (primary N) is 1. The molecule has 5 heteroatoms. The van der Waals surface area contributed by atoms with Gasteiger partial charge in [0.25, 0.3) is 8.53 Å². The third kappa shape index (κ3) is 4.79. The maximum Gasteiger partial charge on any atom is 0.262 e. The minimum Gasteiger partial charge on any atom is -0.337 e. The summed E-state index contributed by atoms with van der Waals surface area (Å²) in [6.07, 6.45) is 0. The summed E-state index contributed by atoms with van der Waals surface area (Å²) in [7, 11) is -1.68. The molecule has 3 nitrogen and oxygen atoms in total. The van der Waals surface area contributed by atoms with Gasteiger partial charge in [-0.3, -0.25) is 5.50 Å². The SMILES string of the molecule is NP(O)OBr. The van der Waals surface area contributed by atoms with Crippen molar-refractivity contribution in [1.29, 1.82) is 0 Å². The van der Waals surface area contributed by atoms with Crippen molar-refractivity contribution in [3.05, 3.63) is 0 Å². The molecule has 3 N–H and O–H groups in total. The second-order valence-electron chi connectivity index (χ2n) is 0.372. The van der Waals surface area contributed by atoms with Crippen molar-refractivity contribution in [2.75, 3.05) is 0 Å². The van der Waals surface area contributed by atoms with Crippen LogP contribution in [-0.4, -0.2) is 4.89 Å². The van der Waals surface area contributed by atoms with Gasteiger partial charge in [-0.15, -0.1) is 0 Å². The fraction of sp³-hybridized carbons (Fsp3) is 0. The van der Waals surface area contributed by atoms with E-state index in [0.29, 0.717) is 0 Å². The molecule has 0 rings (SSSR count). The third-order valence-electron chi connectivity index (χ3n) is 0.0707. The first-order valence-electron chi connectivity index (χ1n) is 0.795. The Bertz CT molecular complexity index is 23.6. The van der Waals surface area contributed by atoms with Crippen LogP contribution in [0.2, 0.25) is 0 Å². The average Bonchev–Trinajstić information content (AvgIpc) is 1.38. The molecule has 32 valence electrons. The second kappa shape index (κ2) is 3.00. The quantitative estimate of drug-likeness (QED) is 0.548. The average molecular weight is 160 g/mol. The van der Waals surface area contributed by atoms with E-state index >= 15 is 0 Å². The first-order valence-corrected chi connectivity index (χ1v) is 2.72. The monoisotopic (exact) mass is 159 g/mol. The van der Waals surface area contributed by atoms with E-state index in [4.69, 9.17) is 4.89 Å². The van der Waals surface area contributed by atoms with Crippen LogP contribution in [0.3, 0.4) is 0 Å². The highest BCUT2D eigenvalue weighted by Gasteiger charge is 1.85. The lowest BCUT2D eigenvalue weighted by Gasteiger charge is -1.88. The second-order valence-corrected chi connectivity index (χ2v) is 1.98. The molecule has 0 aromatic heterocycles. The molecule has 0 heterocycles. The normalized spacial score (nSPS) is 15.0. The lowest BCUT2D eigenvalue weighted by molar-refractivity contribution is 0.537. The molecule has 5 heavy (non-hydrogen) atoms. The van der Waals surface area contributed by atoms with Gasteiger partial charge in [-0.1, -0.05) is 0 Å². The molecule has 0 bridgehead atoms. The van der Waals surface area contributed by atoms with Crippen LogP contribution in [0.4, 0.5) is 0 Å². The van der Waals surface area contributed by atoms with E-state index in [1.54, 1.807) is 0 Å². The Kier molecular flexibility index (Phi) is 3.47. The van der Waals surface area contributed by atoms with Gasteiger partial charge in [0.1, 0.15) is 16.3 Å². The molecule has 0 aromatic rings. The molecule has 1 atom stereocenters. The van der Waals surface area contributed by atoms with E-state index in [9.17, 15) is 0 Å². The maximum absolute atomic E-state index is 7.93. The van der Waals surface area contributed by atoms with E-state index in [0.717, 1.165) is 0 Å². The smallest absolute Gasteiger partial charge is 0.262 e. The third-order valence-corrected chi connectivity index (χ3v) is 1.10. The molecular weight excluding hydrogens is 157 g/mol. The van der Waals surface area contributed by atoms with Crippen molar-refractivity contribution < 1.29 is 8.51 Å². The Balaban J connectivity index is 2.54. The van der Waals surface area contributed by atoms with Crippen LogP contribution in [0.5, 0.6) is 0 Å². The van der Waals surface area contributed by atoms with Gasteiger partial charge in [0, 0.05) is 0 Å². The summed E-state index contributed by atoms with van der Waals surface area (Å²) in [5.74, 6) is 0. The van der Waals surface area contributed by atoms with E-state index in [2.05, 4.69) is 25.4 Å². The zero-order valence-electron chi connectivity index (χ0n) is 2.26.